The van der Waals surface area contributed by atoms with Crippen molar-refractivity contribution in [2.45, 2.75) is 19.9 Å². The molecule has 1 aromatic rings. The molecule has 2 rings (SSSR count). The van der Waals surface area contributed by atoms with Crippen LogP contribution in [0.5, 0.6) is 0 Å². The number of nitrogens with zero attached hydrogens (tertiary/aromatic N) is 2. The van der Waals surface area contributed by atoms with Crippen molar-refractivity contribution < 1.29 is 9.90 Å². The molecular formula is C16H25N3O2. The van der Waals surface area contributed by atoms with Crippen LogP contribution in [0.3, 0.4) is 0 Å². The van der Waals surface area contributed by atoms with Crippen molar-refractivity contribution in [3.8, 4) is 0 Å². The van der Waals surface area contributed by atoms with E-state index >= 15 is 0 Å². The largest absolute Gasteiger partial charge is 0.480 e. The lowest BCUT2D eigenvalue weighted by Crippen LogP contribution is -2.47. The monoisotopic (exact) mass is 291 g/mol. The number of rotatable bonds is 6. The van der Waals surface area contributed by atoms with Crippen molar-refractivity contribution in [2.75, 3.05) is 44.2 Å². The number of hydrogen-bond donors (Lipinski definition) is 2. The minimum atomic E-state index is -0.771. The molecule has 0 radical (unpaired) electrons. The molecule has 0 aromatic heterocycles. The zero-order chi connectivity index (χ0) is 15.2. The Morgan fingerprint density at radius 2 is 1.81 bits per heavy atom. The van der Waals surface area contributed by atoms with Crippen LogP contribution in [0.2, 0.25) is 0 Å². The van der Waals surface area contributed by atoms with E-state index in [9.17, 15) is 9.90 Å². The van der Waals surface area contributed by atoms with E-state index in [1.165, 1.54) is 0 Å². The highest BCUT2D eigenvalue weighted by atomic mass is 16.4. The maximum absolute atomic E-state index is 11.7. The van der Waals surface area contributed by atoms with Crippen LogP contribution in [-0.2, 0) is 4.79 Å². The molecule has 0 spiro atoms. The number of nitrogens with one attached hydrogen (secondary N) is 1. The van der Waals surface area contributed by atoms with Crippen molar-refractivity contribution >= 4 is 11.7 Å². The van der Waals surface area contributed by atoms with Crippen LogP contribution in [0, 0.1) is 0 Å². The minimum Gasteiger partial charge on any atom is -0.480 e. The maximum atomic E-state index is 11.7. The second-order valence-electron chi connectivity index (χ2n) is 5.29. The Hall–Kier alpha value is -1.59. The molecule has 116 valence electrons. The number of carboxylic acids is 1. The molecule has 5 nitrogen and oxygen atoms in total. The van der Waals surface area contributed by atoms with Gasteiger partial charge in [0, 0.05) is 45.0 Å². The van der Waals surface area contributed by atoms with E-state index in [4.69, 9.17) is 0 Å². The summed E-state index contributed by atoms with van der Waals surface area (Å²) >= 11 is 0. The van der Waals surface area contributed by atoms with Gasteiger partial charge in [0.15, 0.2) is 0 Å². The van der Waals surface area contributed by atoms with Gasteiger partial charge in [0.05, 0.1) is 0 Å². The number of carbonyl (C=O) groups is 1. The number of carboxylic acid groups (broad SMARTS) is 1. The SMILES string of the molecule is CCN(CC)c1ccc(C(C(=O)O)N2CCNCC2)cc1. The van der Waals surface area contributed by atoms with Crippen LogP contribution in [0.4, 0.5) is 5.69 Å². The Morgan fingerprint density at radius 1 is 1.24 bits per heavy atom. The van der Waals surface area contributed by atoms with Gasteiger partial charge in [0.2, 0.25) is 0 Å². The molecule has 1 aliphatic rings. The molecule has 0 aliphatic carbocycles. The van der Waals surface area contributed by atoms with E-state index in [0.717, 1.165) is 50.5 Å². The highest BCUT2D eigenvalue weighted by Gasteiger charge is 2.28. The summed E-state index contributed by atoms with van der Waals surface area (Å²) in [7, 11) is 0. The van der Waals surface area contributed by atoms with E-state index < -0.39 is 12.0 Å². The number of anilines is 1. The first-order valence-corrected chi connectivity index (χ1v) is 7.69. The average Bonchev–Trinajstić information content (AvgIpc) is 2.51. The lowest BCUT2D eigenvalue weighted by Gasteiger charge is -2.32. The van der Waals surface area contributed by atoms with Crippen LogP contribution < -0.4 is 10.2 Å². The molecule has 1 heterocycles. The summed E-state index contributed by atoms with van der Waals surface area (Å²) in [5.74, 6) is -0.771. The fourth-order valence-corrected chi connectivity index (χ4v) is 2.91. The molecule has 0 amide bonds. The van der Waals surface area contributed by atoms with Crippen LogP contribution in [-0.4, -0.2) is 55.2 Å². The van der Waals surface area contributed by atoms with Gasteiger partial charge in [-0.3, -0.25) is 9.69 Å². The molecule has 1 fully saturated rings. The van der Waals surface area contributed by atoms with Gasteiger partial charge in [0.25, 0.3) is 0 Å². The molecule has 2 N–H and O–H groups in total. The van der Waals surface area contributed by atoms with Gasteiger partial charge < -0.3 is 15.3 Å². The number of benzene rings is 1. The third kappa shape index (κ3) is 3.74. The quantitative estimate of drug-likeness (QED) is 0.833. The van der Waals surface area contributed by atoms with E-state index in [2.05, 4.69) is 24.1 Å². The fourth-order valence-electron chi connectivity index (χ4n) is 2.91. The predicted octanol–water partition coefficient (Wildman–Crippen LogP) is 1.56. The fraction of sp³-hybridized carbons (Fsp3) is 0.562. The maximum Gasteiger partial charge on any atom is 0.325 e. The molecule has 0 bridgehead atoms. The molecular weight excluding hydrogens is 266 g/mol. The van der Waals surface area contributed by atoms with Crippen LogP contribution in [0.15, 0.2) is 24.3 Å². The summed E-state index contributed by atoms with van der Waals surface area (Å²) in [4.78, 5) is 15.9. The lowest BCUT2D eigenvalue weighted by molar-refractivity contribution is -0.143. The Morgan fingerprint density at radius 3 is 2.29 bits per heavy atom. The first-order valence-electron chi connectivity index (χ1n) is 7.69. The van der Waals surface area contributed by atoms with Gasteiger partial charge in [-0.05, 0) is 31.5 Å². The van der Waals surface area contributed by atoms with Crippen LogP contribution >= 0.6 is 0 Å². The van der Waals surface area contributed by atoms with E-state index in [-0.39, 0.29) is 0 Å². The third-order valence-electron chi connectivity index (χ3n) is 4.09. The molecule has 1 aliphatic heterocycles. The predicted molar refractivity (Wildman–Crippen MR) is 84.8 cm³/mol. The molecule has 1 atom stereocenters. The normalized spacial score (nSPS) is 17.4. The molecule has 1 saturated heterocycles. The van der Waals surface area contributed by atoms with Crippen molar-refractivity contribution in [2.24, 2.45) is 0 Å². The first kappa shape index (κ1) is 15.8. The van der Waals surface area contributed by atoms with Crippen LogP contribution in [0.25, 0.3) is 0 Å². The second kappa shape index (κ2) is 7.43. The molecule has 5 heteroatoms. The standard InChI is InChI=1S/C16H25N3O2/c1-3-18(4-2)14-7-5-13(6-8-14)15(16(20)21)19-11-9-17-10-12-19/h5-8,15,17H,3-4,9-12H2,1-2H3,(H,20,21). The summed E-state index contributed by atoms with van der Waals surface area (Å²) < 4.78 is 0. The molecule has 21 heavy (non-hydrogen) atoms. The number of hydrogen-bond acceptors (Lipinski definition) is 4. The third-order valence-corrected chi connectivity index (χ3v) is 4.09. The Balaban J connectivity index is 2.18. The zero-order valence-corrected chi connectivity index (χ0v) is 12.9. The summed E-state index contributed by atoms with van der Waals surface area (Å²) in [5, 5.41) is 12.8. The zero-order valence-electron chi connectivity index (χ0n) is 12.9. The smallest absolute Gasteiger partial charge is 0.325 e. The summed E-state index contributed by atoms with van der Waals surface area (Å²) in [6.07, 6.45) is 0. The van der Waals surface area contributed by atoms with E-state index in [1.54, 1.807) is 0 Å². The number of piperazine rings is 1. The van der Waals surface area contributed by atoms with Gasteiger partial charge in [0.1, 0.15) is 6.04 Å². The summed E-state index contributed by atoms with van der Waals surface area (Å²) in [6, 6.07) is 7.42. The lowest BCUT2D eigenvalue weighted by atomic mass is 10.0. The molecule has 1 aromatic carbocycles. The van der Waals surface area contributed by atoms with Crippen molar-refractivity contribution in [1.82, 2.24) is 10.2 Å². The highest BCUT2D eigenvalue weighted by Crippen LogP contribution is 2.24. The molecule has 1 unspecified atom stereocenters. The van der Waals surface area contributed by atoms with Crippen molar-refractivity contribution in [1.29, 1.82) is 0 Å². The highest BCUT2D eigenvalue weighted by molar-refractivity contribution is 5.76. The van der Waals surface area contributed by atoms with Gasteiger partial charge in [-0.1, -0.05) is 12.1 Å². The van der Waals surface area contributed by atoms with E-state index in [0.29, 0.717) is 0 Å². The van der Waals surface area contributed by atoms with Gasteiger partial charge in [-0.25, -0.2) is 0 Å². The molecule has 0 saturated carbocycles. The second-order valence-corrected chi connectivity index (χ2v) is 5.29. The Labute approximate surface area is 126 Å². The van der Waals surface area contributed by atoms with Gasteiger partial charge in [-0.15, -0.1) is 0 Å². The summed E-state index contributed by atoms with van der Waals surface area (Å²) in [6.45, 7) is 9.40. The Bertz CT molecular complexity index is 451. The van der Waals surface area contributed by atoms with Crippen molar-refractivity contribution in [3.05, 3.63) is 29.8 Å². The summed E-state index contributed by atoms with van der Waals surface area (Å²) in [5.41, 5.74) is 2.01. The van der Waals surface area contributed by atoms with Gasteiger partial charge in [-0.2, -0.15) is 0 Å². The number of aliphatic carboxylic acids is 1. The minimum absolute atomic E-state index is 0.544. The van der Waals surface area contributed by atoms with Gasteiger partial charge >= 0.3 is 5.97 Å². The van der Waals surface area contributed by atoms with Crippen molar-refractivity contribution in [3.63, 3.8) is 0 Å². The first-order chi connectivity index (χ1) is 10.2. The Kier molecular flexibility index (Phi) is 5.59. The van der Waals surface area contributed by atoms with E-state index in [1.807, 2.05) is 29.2 Å². The average molecular weight is 291 g/mol. The van der Waals surface area contributed by atoms with Crippen LogP contribution in [0.1, 0.15) is 25.5 Å². The topological polar surface area (TPSA) is 55.8 Å².